The monoisotopic (exact) mass is 347 g/mol. The molecule has 1 unspecified atom stereocenters. The van der Waals surface area contributed by atoms with Crippen molar-refractivity contribution in [1.29, 1.82) is 0 Å². The highest BCUT2D eigenvalue weighted by Gasteiger charge is 2.22. The first kappa shape index (κ1) is 14.3. The van der Waals surface area contributed by atoms with Crippen LogP contribution in [0.2, 0.25) is 0 Å². The van der Waals surface area contributed by atoms with Gasteiger partial charge in [-0.3, -0.25) is 0 Å². The lowest BCUT2D eigenvalue weighted by molar-refractivity contribution is 0.184. The van der Waals surface area contributed by atoms with Gasteiger partial charge in [-0.05, 0) is 31.8 Å². The molecule has 0 saturated carbocycles. The molecule has 1 fully saturated rings. The van der Waals surface area contributed by atoms with Crippen LogP contribution >= 0.6 is 22.6 Å². The van der Waals surface area contributed by atoms with Gasteiger partial charge < -0.3 is 4.90 Å². The lowest BCUT2D eigenvalue weighted by atomic mass is 9.94. The van der Waals surface area contributed by atoms with Gasteiger partial charge in [-0.2, -0.15) is 8.78 Å². The maximum Gasteiger partial charge on any atom is 0.301 e. The zero-order valence-corrected chi connectivity index (χ0v) is 11.5. The number of likely N-dealkylation sites (tertiary alicyclic amines) is 1. The number of piperidine rings is 1. The van der Waals surface area contributed by atoms with E-state index in [1.54, 1.807) is 0 Å². The summed E-state index contributed by atoms with van der Waals surface area (Å²) in [6.07, 6.45) is -0.149. The predicted octanol–water partition coefficient (Wildman–Crippen LogP) is 3.99. The Morgan fingerprint density at radius 2 is 1.88 bits per heavy atom. The second-order valence-corrected chi connectivity index (χ2v) is 6.24. The van der Waals surface area contributed by atoms with Crippen molar-refractivity contribution in [2.45, 2.75) is 30.1 Å². The van der Waals surface area contributed by atoms with Crippen molar-refractivity contribution in [3.63, 3.8) is 0 Å². The van der Waals surface area contributed by atoms with Crippen molar-refractivity contribution in [1.82, 2.24) is 4.90 Å². The first-order valence-corrected chi connectivity index (χ1v) is 6.81. The van der Waals surface area contributed by atoms with E-state index in [0.717, 1.165) is 31.8 Å². The van der Waals surface area contributed by atoms with Gasteiger partial charge in [0.25, 0.3) is 0 Å². The van der Waals surface area contributed by atoms with Gasteiger partial charge in [0.2, 0.25) is 0 Å². The maximum atomic E-state index is 12.6. The Balaban J connectivity index is 2.25. The maximum absolute atomic E-state index is 12.6. The average Bonchev–Trinajstić information content (AvgIpc) is 2.26. The minimum Gasteiger partial charge on any atom is -0.303 e. The van der Waals surface area contributed by atoms with E-state index in [-0.39, 0.29) is 6.42 Å². The van der Waals surface area contributed by atoms with Crippen molar-refractivity contribution >= 4 is 22.6 Å². The van der Waals surface area contributed by atoms with Crippen LogP contribution in [0, 0.1) is 5.92 Å². The van der Waals surface area contributed by atoms with E-state index in [2.05, 4.69) is 34.4 Å². The summed E-state index contributed by atoms with van der Waals surface area (Å²) >= 11 is 2.42. The minimum absolute atomic E-state index is 0.160. The summed E-state index contributed by atoms with van der Waals surface area (Å²) in [6.45, 7) is 4.41. The Bertz CT molecular complexity index is 244. The number of hydrogen-bond donors (Lipinski definition) is 0. The molecular weight excluding hydrogens is 330 g/mol. The molecule has 1 saturated heterocycles. The van der Waals surface area contributed by atoms with Gasteiger partial charge in [0.1, 0.15) is 0 Å². The third-order valence-electron chi connectivity index (χ3n) is 3.13. The van der Waals surface area contributed by atoms with Crippen molar-refractivity contribution in [3.8, 4) is 0 Å². The molecule has 0 N–H and O–H groups in total. The second-order valence-electron chi connectivity index (χ2n) is 4.27. The van der Waals surface area contributed by atoms with Crippen LogP contribution in [0.1, 0.15) is 26.2 Å². The topological polar surface area (TPSA) is 3.24 Å². The van der Waals surface area contributed by atoms with E-state index in [1.165, 1.54) is 0 Å². The molecule has 0 radical (unpaired) electrons. The smallest absolute Gasteiger partial charge is 0.301 e. The number of hydrogen-bond acceptors (Lipinski definition) is 1. The number of nitrogens with zero attached hydrogens (tertiary/aromatic N) is 1. The van der Waals surface area contributed by atoms with Crippen molar-refractivity contribution in [2.75, 3.05) is 19.6 Å². The molecule has 16 heavy (non-hydrogen) atoms. The Labute approximate surface area is 108 Å². The highest BCUT2D eigenvalue weighted by molar-refractivity contribution is 14.1. The SMILES string of the molecule is CC(I)C1CCN(CCC(F)=C(F)F)CC1. The molecule has 0 bridgehead atoms. The summed E-state index contributed by atoms with van der Waals surface area (Å²) in [5.41, 5.74) is 0. The molecule has 1 heterocycles. The van der Waals surface area contributed by atoms with Gasteiger partial charge >= 0.3 is 6.08 Å². The van der Waals surface area contributed by atoms with Gasteiger partial charge in [-0.25, -0.2) is 4.39 Å². The summed E-state index contributed by atoms with van der Waals surface area (Å²) < 4.78 is 36.9. The molecule has 0 aromatic heterocycles. The summed E-state index contributed by atoms with van der Waals surface area (Å²) in [5.74, 6) is -0.542. The summed E-state index contributed by atoms with van der Waals surface area (Å²) in [6, 6.07) is 0. The minimum atomic E-state index is -2.17. The Morgan fingerprint density at radius 1 is 1.31 bits per heavy atom. The van der Waals surface area contributed by atoms with Crippen LogP contribution in [-0.4, -0.2) is 28.5 Å². The van der Waals surface area contributed by atoms with Gasteiger partial charge in [0, 0.05) is 16.9 Å². The fourth-order valence-corrected chi connectivity index (χ4v) is 2.71. The van der Waals surface area contributed by atoms with Crippen LogP contribution in [0.4, 0.5) is 13.2 Å². The van der Waals surface area contributed by atoms with Crippen molar-refractivity contribution in [2.24, 2.45) is 5.92 Å². The summed E-state index contributed by atoms with van der Waals surface area (Å²) in [7, 11) is 0. The first-order valence-electron chi connectivity index (χ1n) is 5.56. The summed E-state index contributed by atoms with van der Waals surface area (Å²) in [4.78, 5) is 2.07. The number of alkyl halides is 1. The van der Waals surface area contributed by atoms with Gasteiger partial charge in [0.15, 0.2) is 5.83 Å². The van der Waals surface area contributed by atoms with E-state index >= 15 is 0 Å². The molecule has 1 atom stereocenters. The van der Waals surface area contributed by atoms with Crippen LogP contribution in [0.25, 0.3) is 0 Å². The molecule has 0 spiro atoms. The van der Waals surface area contributed by atoms with Crippen LogP contribution < -0.4 is 0 Å². The first-order chi connectivity index (χ1) is 7.50. The van der Waals surface area contributed by atoms with E-state index < -0.39 is 11.9 Å². The van der Waals surface area contributed by atoms with E-state index in [9.17, 15) is 13.2 Å². The van der Waals surface area contributed by atoms with Crippen LogP contribution in [-0.2, 0) is 0 Å². The Morgan fingerprint density at radius 3 is 2.31 bits per heavy atom. The fourth-order valence-electron chi connectivity index (χ4n) is 1.99. The third kappa shape index (κ3) is 4.61. The normalized spacial score (nSPS) is 20.8. The fraction of sp³-hybridized carbons (Fsp3) is 0.818. The molecule has 1 nitrogen and oxygen atoms in total. The average molecular weight is 347 g/mol. The molecule has 0 aromatic carbocycles. The van der Waals surface area contributed by atoms with Crippen molar-refractivity contribution < 1.29 is 13.2 Å². The number of halogens is 4. The molecule has 1 rings (SSSR count). The lowest BCUT2D eigenvalue weighted by Crippen LogP contribution is -2.36. The van der Waals surface area contributed by atoms with E-state index in [1.807, 2.05) is 0 Å². The molecule has 1 aliphatic heterocycles. The summed E-state index contributed by atoms with van der Waals surface area (Å²) in [5, 5.41) is 0. The molecule has 0 aromatic rings. The molecule has 0 amide bonds. The highest BCUT2D eigenvalue weighted by Crippen LogP contribution is 2.25. The van der Waals surface area contributed by atoms with Gasteiger partial charge in [0.05, 0.1) is 0 Å². The molecule has 5 heteroatoms. The van der Waals surface area contributed by atoms with E-state index in [4.69, 9.17) is 0 Å². The predicted molar refractivity (Wildman–Crippen MR) is 67.6 cm³/mol. The van der Waals surface area contributed by atoms with Crippen LogP contribution in [0.15, 0.2) is 11.9 Å². The Hall–Kier alpha value is 0.220. The zero-order chi connectivity index (χ0) is 12.1. The second kappa shape index (κ2) is 6.83. The van der Waals surface area contributed by atoms with Crippen LogP contribution in [0.3, 0.4) is 0 Å². The molecule has 94 valence electrons. The van der Waals surface area contributed by atoms with Crippen LogP contribution in [0.5, 0.6) is 0 Å². The third-order valence-corrected chi connectivity index (χ3v) is 4.15. The Kier molecular flexibility index (Phi) is 6.10. The molecule has 0 aliphatic carbocycles. The number of rotatable bonds is 4. The van der Waals surface area contributed by atoms with E-state index in [0.29, 0.717) is 10.5 Å². The van der Waals surface area contributed by atoms with Gasteiger partial charge in [-0.1, -0.05) is 29.5 Å². The standard InChI is InChI=1S/C11H17F3IN/c1-8(15)9-2-5-16(6-3-9)7-4-10(12)11(13)14/h8-9H,2-7H2,1H3. The molecule has 1 aliphatic rings. The quantitative estimate of drug-likeness (QED) is 0.549. The van der Waals surface area contributed by atoms with Gasteiger partial charge in [-0.15, -0.1) is 0 Å². The largest absolute Gasteiger partial charge is 0.303 e. The molecular formula is C11H17F3IN. The van der Waals surface area contributed by atoms with Crippen molar-refractivity contribution in [3.05, 3.63) is 11.9 Å². The highest BCUT2D eigenvalue weighted by atomic mass is 127. The lowest BCUT2D eigenvalue weighted by Gasteiger charge is -2.33. The zero-order valence-electron chi connectivity index (χ0n) is 9.36.